The standard InChI is InChI=1S/C12H9NO2/c1-3-6-13-11(14)9-5-4-8(2)7-10(9)12(13)15/h1,4-5,7H,6H2,2H3. The number of imide groups is 1. The van der Waals surface area contributed by atoms with Crippen molar-refractivity contribution in [2.24, 2.45) is 0 Å². The molecule has 0 spiro atoms. The van der Waals surface area contributed by atoms with Crippen LogP contribution in [0.2, 0.25) is 0 Å². The molecule has 0 aromatic heterocycles. The molecule has 0 saturated heterocycles. The van der Waals surface area contributed by atoms with Gasteiger partial charge in [0.25, 0.3) is 11.8 Å². The third kappa shape index (κ3) is 1.31. The third-order valence-corrected chi connectivity index (χ3v) is 2.38. The van der Waals surface area contributed by atoms with Crippen LogP contribution in [0.4, 0.5) is 0 Å². The minimum absolute atomic E-state index is 0.0331. The average molecular weight is 199 g/mol. The van der Waals surface area contributed by atoms with E-state index in [9.17, 15) is 9.59 Å². The summed E-state index contributed by atoms with van der Waals surface area (Å²) in [7, 11) is 0. The fraction of sp³-hybridized carbons (Fsp3) is 0.167. The minimum atomic E-state index is -0.298. The summed E-state index contributed by atoms with van der Waals surface area (Å²) in [5.74, 6) is 1.71. The first-order chi connectivity index (χ1) is 7.15. The number of carbonyl (C=O) groups is 2. The maximum absolute atomic E-state index is 11.8. The second kappa shape index (κ2) is 3.25. The topological polar surface area (TPSA) is 37.4 Å². The number of hydrogen-bond acceptors (Lipinski definition) is 2. The van der Waals surface area contributed by atoms with Gasteiger partial charge < -0.3 is 0 Å². The Morgan fingerprint density at radius 2 is 1.93 bits per heavy atom. The van der Waals surface area contributed by atoms with Gasteiger partial charge in [-0.3, -0.25) is 14.5 Å². The average Bonchev–Trinajstić information content (AvgIpc) is 2.44. The summed E-state index contributed by atoms with van der Waals surface area (Å²) in [6.07, 6.45) is 5.10. The lowest BCUT2D eigenvalue weighted by Gasteiger charge is -2.08. The molecule has 2 rings (SSSR count). The number of amides is 2. The van der Waals surface area contributed by atoms with Crippen LogP contribution in [0, 0.1) is 19.3 Å². The van der Waals surface area contributed by atoms with E-state index in [1.807, 2.05) is 13.0 Å². The first-order valence-corrected chi connectivity index (χ1v) is 4.55. The van der Waals surface area contributed by atoms with E-state index in [0.717, 1.165) is 10.5 Å². The molecule has 1 aromatic rings. The highest BCUT2D eigenvalue weighted by Crippen LogP contribution is 2.23. The van der Waals surface area contributed by atoms with E-state index in [0.29, 0.717) is 11.1 Å². The number of hydrogen-bond donors (Lipinski definition) is 0. The first-order valence-electron chi connectivity index (χ1n) is 4.55. The van der Waals surface area contributed by atoms with Gasteiger partial charge >= 0.3 is 0 Å². The summed E-state index contributed by atoms with van der Waals surface area (Å²) in [6.45, 7) is 1.91. The molecule has 1 aromatic carbocycles. The van der Waals surface area contributed by atoms with Crippen molar-refractivity contribution in [2.45, 2.75) is 6.92 Å². The van der Waals surface area contributed by atoms with Gasteiger partial charge in [0, 0.05) is 0 Å². The van der Waals surface area contributed by atoms with Crippen molar-refractivity contribution in [3.05, 3.63) is 34.9 Å². The summed E-state index contributed by atoms with van der Waals surface area (Å²) in [4.78, 5) is 24.6. The molecule has 3 nitrogen and oxygen atoms in total. The zero-order valence-electron chi connectivity index (χ0n) is 8.28. The molecule has 0 bridgehead atoms. The van der Waals surface area contributed by atoms with Crippen LogP contribution in [-0.2, 0) is 0 Å². The monoisotopic (exact) mass is 199 g/mol. The molecule has 74 valence electrons. The quantitative estimate of drug-likeness (QED) is 0.504. The van der Waals surface area contributed by atoms with E-state index in [4.69, 9.17) is 6.42 Å². The molecule has 0 N–H and O–H groups in total. The van der Waals surface area contributed by atoms with Crippen molar-refractivity contribution < 1.29 is 9.59 Å². The lowest BCUT2D eigenvalue weighted by Crippen LogP contribution is -2.29. The van der Waals surface area contributed by atoms with Crippen LogP contribution in [0.15, 0.2) is 18.2 Å². The number of nitrogens with zero attached hydrogens (tertiary/aromatic N) is 1. The minimum Gasteiger partial charge on any atom is -0.269 e. The summed E-state index contributed by atoms with van der Waals surface area (Å²) >= 11 is 0. The van der Waals surface area contributed by atoms with Gasteiger partial charge in [0.1, 0.15) is 0 Å². The van der Waals surface area contributed by atoms with E-state index in [2.05, 4.69) is 5.92 Å². The highest BCUT2D eigenvalue weighted by molar-refractivity contribution is 6.21. The van der Waals surface area contributed by atoms with Gasteiger partial charge in [-0.1, -0.05) is 17.6 Å². The molecule has 1 aliphatic rings. The number of carbonyl (C=O) groups excluding carboxylic acids is 2. The molecular formula is C12H9NO2. The molecule has 0 unspecified atom stereocenters. The van der Waals surface area contributed by atoms with Crippen LogP contribution in [0.25, 0.3) is 0 Å². The number of terminal acetylenes is 1. The van der Waals surface area contributed by atoms with Crippen molar-refractivity contribution in [1.29, 1.82) is 0 Å². The van der Waals surface area contributed by atoms with E-state index >= 15 is 0 Å². The predicted octanol–water partition coefficient (Wildman–Crippen LogP) is 1.22. The molecule has 1 aliphatic heterocycles. The molecule has 0 atom stereocenters. The Labute approximate surface area is 87.7 Å². The fourth-order valence-corrected chi connectivity index (χ4v) is 1.64. The third-order valence-electron chi connectivity index (χ3n) is 2.38. The van der Waals surface area contributed by atoms with Gasteiger partial charge in [0.15, 0.2) is 0 Å². The number of rotatable bonds is 1. The van der Waals surface area contributed by atoms with Gasteiger partial charge in [0.05, 0.1) is 17.7 Å². The van der Waals surface area contributed by atoms with E-state index in [-0.39, 0.29) is 18.4 Å². The molecule has 2 amide bonds. The van der Waals surface area contributed by atoms with Gasteiger partial charge in [-0.2, -0.15) is 0 Å². The molecular weight excluding hydrogens is 190 g/mol. The Morgan fingerprint density at radius 3 is 2.60 bits per heavy atom. The van der Waals surface area contributed by atoms with E-state index < -0.39 is 0 Å². The van der Waals surface area contributed by atoms with Gasteiger partial charge in [-0.05, 0) is 19.1 Å². The van der Waals surface area contributed by atoms with Crippen molar-refractivity contribution in [1.82, 2.24) is 4.90 Å². The van der Waals surface area contributed by atoms with Crippen LogP contribution in [0.3, 0.4) is 0 Å². The highest BCUT2D eigenvalue weighted by atomic mass is 16.2. The second-order valence-electron chi connectivity index (χ2n) is 3.45. The fourth-order valence-electron chi connectivity index (χ4n) is 1.64. The van der Waals surface area contributed by atoms with Crippen LogP contribution in [0.5, 0.6) is 0 Å². The van der Waals surface area contributed by atoms with Crippen LogP contribution < -0.4 is 0 Å². The predicted molar refractivity (Wildman–Crippen MR) is 55.4 cm³/mol. The van der Waals surface area contributed by atoms with Gasteiger partial charge in [0.2, 0.25) is 0 Å². The molecule has 15 heavy (non-hydrogen) atoms. The summed E-state index contributed by atoms with van der Waals surface area (Å²) in [5.41, 5.74) is 1.86. The summed E-state index contributed by atoms with van der Waals surface area (Å²) < 4.78 is 0. The maximum atomic E-state index is 11.8. The van der Waals surface area contributed by atoms with E-state index in [1.165, 1.54) is 0 Å². The van der Waals surface area contributed by atoms with Gasteiger partial charge in [-0.15, -0.1) is 6.42 Å². The van der Waals surface area contributed by atoms with Crippen molar-refractivity contribution in [3.8, 4) is 12.3 Å². The zero-order chi connectivity index (χ0) is 11.0. The Morgan fingerprint density at radius 1 is 1.27 bits per heavy atom. The Kier molecular flexibility index (Phi) is 2.05. The lowest BCUT2D eigenvalue weighted by atomic mass is 10.1. The Bertz CT molecular complexity index is 497. The molecule has 0 fully saturated rings. The molecule has 1 heterocycles. The molecule has 0 aliphatic carbocycles. The Hall–Kier alpha value is -2.08. The first kappa shape index (κ1) is 9.47. The van der Waals surface area contributed by atoms with E-state index in [1.54, 1.807) is 12.1 Å². The van der Waals surface area contributed by atoms with Crippen LogP contribution in [0.1, 0.15) is 26.3 Å². The number of benzene rings is 1. The van der Waals surface area contributed by atoms with Crippen LogP contribution in [-0.4, -0.2) is 23.3 Å². The highest BCUT2D eigenvalue weighted by Gasteiger charge is 2.34. The zero-order valence-corrected chi connectivity index (χ0v) is 8.28. The normalized spacial score (nSPS) is 14.0. The van der Waals surface area contributed by atoms with Gasteiger partial charge in [-0.25, -0.2) is 0 Å². The molecule has 0 radical (unpaired) electrons. The van der Waals surface area contributed by atoms with Crippen LogP contribution >= 0.6 is 0 Å². The maximum Gasteiger partial charge on any atom is 0.262 e. The smallest absolute Gasteiger partial charge is 0.262 e. The van der Waals surface area contributed by atoms with Crippen molar-refractivity contribution in [2.75, 3.05) is 6.54 Å². The SMILES string of the molecule is C#CCN1C(=O)c2ccc(C)cc2C1=O. The molecule has 3 heteroatoms. The summed E-state index contributed by atoms with van der Waals surface area (Å²) in [5, 5.41) is 0. The molecule has 0 saturated carbocycles. The Balaban J connectivity index is 2.52. The second-order valence-corrected chi connectivity index (χ2v) is 3.45. The summed E-state index contributed by atoms with van der Waals surface area (Å²) in [6, 6.07) is 5.19. The number of aryl methyl sites for hydroxylation is 1. The largest absolute Gasteiger partial charge is 0.269 e. The number of fused-ring (bicyclic) bond motifs is 1. The lowest BCUT2D eigenvalue weighted by molar-refractivity contribution is 0.0675. The van der Waals surface area contributed by atoms with Crippen molar-refractivity contribution in [3.63, 3.8) is 0 Å². The van der Waals surface area contributed by atoms with Crippen molar-refractivity contribution >= 4 is 11.8 Å².